The molecular weight excluding hydrogens is 410 g/mol. The van der Waals surface area contributed by atoms with Crippen LogP contribution >= 0.6 is 11.8 Å². The fourth-order valence-corrected chi connectivity index (χ4v) is 4.57. The van der Waals surface area contributed by atoms with Gasteiger partial charge in [0.15, 0.2) is 0 Å². The molecule has 162 valence electrons. The van der Waals surface area contributed by atoms with E-state index in [4.69, 9.17) is 9.84 Å². The molecule has 0 saturated carbocycles. The first-order chi connectivity index (χ1) is 15.0. The molecule has 2 heterocycles. The molecular formula is C23H27N5O2S. The van der Waals surface area contributed by atoms with Gasteiger partial charge in [-0.1, -0.05) is 18.2 Å². The third kappa shape index (κ3) is 4.07. The van der Waals surface area contributed by atoms with Gasteiger partial charge in [-0.05, 0) is 55.8 Å². The third-order valence-corrected chi connectivity index (χ3v) is 6.27. The summed E-state index contributed by atoms with van der Waals surface area (Å²) in [7, 11) is 3.80. The van der Waals surface area contributed by atoms with E-state index in [9.17, 15) is 4.79 Å². The molecule has 3 aromatic rings. The summed E-state index contributed by atoms with van der Waals surface area (Å²) >= 11 is 1.77. The molecule has 31 heavy (non-hydrogen) atoms. The lowest BCUT2D eigenvalue weighted by Crippen LogP contribution is -2.41. The van der Waals surface area contributed by atoms with Gasteiger partial charge in [-0.2, -0.15) is 10.2 Å². The van der Waals surface area contributed by atoms with E-state index in [1.807, 2.05) is 97.3 Å². The Balaban J connectivity index is 1.66. The third-order valence-electron chi connectivity index (χ3n) is 5.37. The molecule has 0 radical (unpaired) electrons. The van der Waals surface area contributed by atoms with Crippen LogP contribution in [0.15, 0.2) is 64.5 Å². The van der Waals surface area contributed by atoms with Crippen LogP contribution in [0.4, 0.5) is 5.69 Å². The van der Waals surface area contributed by atoms with E-state index in [1.165, 1.54) is 0 Å². The number of nitrogens with zero attached hydrogens (tertiary/aromatic N) is 5. The Morgan fingerprint density at radius 3 is 2.52 bits per heavy atom. The van der Waals surface area contributed by atoms with Gasteiger partial charge < -0.3 is 4.74 Å². The number of para-hydroxylation sites is 1. The number of rotatable bonds is 6. The predicted molar refractivity (Wildman–Crippen MR) is 127 cm³/mol. The van der Waals surface area contributed by atoms with Crippen LogP contribution in [-0.2, 0) is 7.05 Å². The quantitative estimate of drug-likeness (QED) is 0.589. The maximum absolute atomic E-state index is 13.4. The van der Waals surface area contributed by atoms with Crippen molar-refractivity contribution in [2.75, 3.05) is 30.3 Å². The molecule has 0 atom stereocenters. The van der Waals surface area contributed by atoms with Crippen LogP contribution in [0.25, 0.3) is 5.69 Å². The van der Waals surface area contributed by atoms with Crippen LogP contribution in [-0.4, -0.2) is 45.5 Å². The summed E-state index contributed by atoms with van der Waals surface area (Å²) in [5.74, 6) is 2.35. The van der Waals surface area contributed by atoms with Gasteiger partial charge in [0, 0.05) is 19.8 Å². The average molecular weight is 438 g/mol. The second kappa shape index (κ2) is 8.93. The summed E-state index contributed by atoms with van der Waals surface area (Å²) in [5, 5.41) is 8.57. The van der Waals surface area contributed by atoms with E-state index in [2.05, 4.69) is 0 Å². The second-order valence-electron chi connectivity index (χ2n) is 7.29. The Kier molecular flexibility index (Phi) is 6.08. The summed E-state index contributed by atoms with van der Waals surface area (Å²) in [6.07, 6.45) is 0. The van der Waals surface area contributed by atoms with E-state index in [-0.39, 0.29) is 5.56 Å². The Hall–Kier alpha value is -3.13. The van der Waals surface area contributed by atoms with Gasteiger partial charge in [0.2, 0.25) is 0 Å². The van der Waals surface area contributed by atoms with Crippen molar-refractivity contribution in [2.24, 2.45) is 12.1 Å². The van der Waals surface area contributed by atoms with Crippen LogP contribution < -0.4 is 15.3 Å². The minimum atomic E-state index is -0.0675. The Morgan fingerprint density at radius 2 is 1.84 bits per heavy atom. The zero-order valence-electron chi connectivity index (χ0n) is 18.3. The number of hydrogen-bond acceptors (Lipinski definition) is 6. The van der Waals surface area contributed by atoms with Gasteiger partial charge in [0.05, 0.1) is 23.7 Å². The van der Waals surface area contributed by atoms with Gasteiger partial charge in [0.25, 0.3) is 5.56 Å². The molecule has 1 aromatic heterocycles. The lowest BCUT2D eigenvalue weighted by molar-refractivity contribution is 0.325. The molecule has 0 unspecified atom stereocenters. The van der Waals surface area contributed by atoms with Crippen molar-refractivity contribution in [3.05, 3.63) is 76.2 Å². The van der Waals surface area contributed by atoms with E-state index < -0.39 is 0 Å². The molecule has 7 nitrogen and oxygen atoms in total. The van der Waals surface area contributed by atoms with Crippen molar-refractivity contribution in [1.82, 2.24) is 14.5 Å². The molecule has 4 rings (SSSR count). The van der Waals surface area contributed by atoms with Crippen LogP contribution in [0, 0.1) is 6.92 Å². The number of hydrogen-bond donors (Lipinski definition) is 0. The highest BCUT2D eigenvalue weighted by atomic mass is 32.2. The van der Waals surface area contributed by atoms with E-state index >= 15 is 0 Å². The summed E-state index contributed by atoms with van der Waals surface area (Å²) < 4.78 is 9.12. The van der Waals surface area contributed by atoms with Gasteiger partial charge in [-0.25, -0.2) is 4.68 Å². The van der Waals surface area contributed by atoms with Crippen molar-refractivity contribution < 1.29 is 4.74 Å². The van der Waals surface area contributed by atoms with Crippen molar-refractivity contribution in [2.45, 2.75) is 13.8 Å². The summed E-state index contributed by atoms with van der Waals surface area (Å²) in [4.78, 5) is 13.4. The second-order valence-corrected chi connectivity index (χ2v) is 8.24. The molecule has 0 saturated heterocycles. The highest BCUT2D eigenvalue weighted by molar-refractivity contribution is 8.00. The molecule has 1 aliphatic rings. The highest BCUT2D eigenvalue weighted by Crippen LogP contribution is 2.24. The van der Waals surface area contributed by atoms with Crippen LogP contribution in [0.1, 0.15) is 18.2 Å². The smallest absolute Gasteiger partial charge is 0.297 e. The average Bonchev–Trinajstić information content (AvgIpc) is 3.02. The number of anilines is 1. The SMILES string of the molecule is CCOc1ccc(C2=NN(N(C)c3c(C)n(C)n(-c4ccccc4)c3=O)CSC2)cc1. The summed E-state index contributed by atoms with van der Waals surface area (Å²) in [6, 6.07) is 17.7. The number of hydrazone groups is 1. The first kappa shape index (κ1) is 21.1. The topological polar surface area (TPSA) is 55.0 Å². The number of thioether (sulfide) groups is 1. The first-order valence-electron chi connectivity index (χ1n) is 10.2. The fourth-order valence-electron chi connectivity index (χ4n) is 3.67. The molecule has 0 fully saturated rings. The Labute approximate surface area is 186 Å². The minimum absolute atomic E-state index is 0.0675. The van der Waals surface area contributed by atoms with Gasteiger partial charge in [0.1, 0.15) is 17.3 Å². The molecule has 8 heteroatoms. The highest BCUT2D eigenvalue weighted by Gasteiger charge is 2.25. The standard InChI is InChI=1S/C23H27N5O2S/c1-5-30-20-13-11-18(12-14-20)21-15-31-16-27(24-21)26(4)22-17(2)25(3)28(23(22)29)19-9-7-6-8-10-19/h6-14H,5,15-16H2,1-4H3. The van der Waals surface area contributed by atoms with E-state index in [0.717, 1.165) is 34.2 Å². The molecule has 0 N–H and O–H groups in total. The van der Waals surface area contributed by atoms with Crippen LogP contribution in [0.5, 0.6) is 5.75 Å². The molecule has 0 spiro atoms. The molecule has 2 aromatic carbocycles. The minimum Gasteiger partial charge on any atom is -0.494 e. The zero-order chi connectivity index (χ0) is 22.0. The lowest BCUT2D eigenvalue weighted by Gasteiger charge is -2.33. The van der Waals surface area contributed by atoms with Crippen molar-refractivity contribution in [3.8, 4) is 11.4 Å². The molecule has 1 aliphatic heterocycles. The van der Waals surface area contributed by atoms with Gasteiger partial charge in [-0.15, -0.1) is 11.8 Å². The maximum Gasteiger partial charge on any atom is 0.297 e. The van der Waals surface area contributed by atoms with Crippen LogP contribution in [0.2, 0.25) is 0 Å². The lowest BCUT2D eigenvalue weighted by atomic mass is 10.1. The van der Waals surface area contributed by atoms with E-state index in [1.54, 1.807) is 16.4 Å². The molecule has 0 bridgehead atoms. The normalized spacial score (nSPS) is 13.8. The number of hydrazine groups is 1. The number of ether oxygens (including phenoxy) is 1. The first-order valence-corrected chi connectivity index (χ1v) is 11.4. The molecule has 0 aliphatic carbocycles. The van der Waals surface area contributed by atoms with Crippen LogP contribution in [0.3, 0.4) is 0 Å². The summed E-state index contributed by atoms with van der Waals surface area (Å²) in [5.41, 5.74) is 4.29. The maximum atomic E-state index is 13.4. The number of benzene rings is 2. The van der Waals surface area contributed by atoms with Crippen molar-refractivity contribution >= 4 is 23.2 Å². The fraction of sp³-hybridized carbons (Fsp3) is 0.304. The zero-order valence-corrected chi connectivity index (χ0v) is 19.1. The van der Waals surface area contributed by atoms with Gasteiger partial charge in [-0.3, -0.25) is 14.5 Å². The molecule has 0 amide bonds. The predicted octanol–water partition coefficient (Wildman–Crippen LogP) is 3.64. The largest absolute Gasteiger partial charge is 0.494 e. The van der Waals surface area contributed by atoms with Crippen molar-refractivity contribution in [3.63, 3.8) is 0 Å². The summed E-state index contributed by atoms with van der Waals surface area (Å²) in [6.45, 7) is 4.58. The van der Waals surface area contributed by atoms with E-state index in [0.29, 0.717) is 18.2 Å². The monoisotopic (exact) mass is 437 g/mol. The Bertz CT molecular complexity index is 1140. The Morgan fingerprint density at radius 1 is 1.13 bits per heavy atom. The van der Waals surface area contributed by atoms with Crippen molar-refractivity contribution in [1.29, 1.82) is 0 Å². The number of aromatic nitrogens is 2. The van der Waals surface area contributed by atoms with Gasteiger partial charge >= 0.3 is 0 Å².